The van der Waals surface area contributed by atoms with Crippen LogP contribution in [0.15, 0.2) is 29.0 Å². The highest BCUT2D eigenvalue weighted by Crippen LogP contribution is 2.14. The van der Waals surface area contributed by atoms with Crippen molar-refractivity contribution < 1.29 is 13.9 Å². The van der Waals surface area contributed by atoms with Gasteiger partial charge in [-0.05, 0) is 12.1 Å². The topological polar surface area (TPSA) is 89.3 Å². The summed E-state index contributed by atoms with van der Waals surface area (Å²) in [7, 11) is 1.56. The summed E-state index contributed by atoms with van der Waals surface area (Å²) >= 11 is 1.10. The van der Waals surface area contributed by atoms with Crippen molar-refractivity contribution in [3.05, 3.63) is 30.4 Å². The zero-order valence-electron chi connectivity index (χ0n) is 9.62. The summed E-state index contributed by atoms with van der Waals surface area (Å²) in [5, 5.41) is 9.56. The van der Waals surface area contributed by atoms with Crippen LogP contribution in [0.1, 0.15) is 11.8 Å². The number of rotatable bonds is 5. The number of nitrogens with one attached hydrogen (secondary N) is 2. The molecule has 96 valence electrons. The van der Waals surface area contributed by atoms with E-state index in [0.717, 1.165) is 11.5 Å². The van der Waals surface area contributed by atoms with Crippen LogP contribution in [0.5, 0.6) is 0 Å². The Kier molecular flexibility index (Phi) is 4.26. The van der Waals surface area contributed by atoms with E-state index in [1.165, 1.54) is 6.20 Å². The maximum absolute atomic E-state index is 11.7. The van der Waals surface area contributed by atoms with Crippen molar-refractivity contribution >= 4 is 22.6 Å². The number of anilines is 1. The highest BCUT2D eigenvalue weighted by molar-refractivity contribution is 7.10. The van der Waals surface area contributed by atoms with E-state index in [1.807, 2.05) is 0 Å². The zero-order chi connectivity index (χ0) is 12.8. The Morgan fingerprint density at radius 1 is 1.67 bits per heavy atom. The van der Waals surface area contributed by atoms with Gasteiger partial charge in [0.15, 0.2) is 0 Å². The zero-order valence-corrected chi connectivity index (χ0v) is 10.4. The lowest BCUT2D eigenvalue weighted by molar-refractivity contribution is 0.159. The molecule has 2 aromatic rings. The average molecular weight is 268 g/mol. The molecule has 0 saturated carbocycles. The third kappa shape index (κ3) is 3.28. The van der Waals surface area contributed by atoms with Gasteiger partial charge in [-0.3, -0.25) is 5.32 Å². The van der Waals surface area contributed by atoms with Crippen LogP contribution in [0.3, 0.4) is 0 Å². The molecule has 1 atom stereocenters. The molecule has 18 heavy (non-hydrogen) atoms. The van der Waals surface area contributed by atoms with Crippen LogP contribution in [0.25, 0.3) is 0 Å². The lowest BCUT2D eigenvalue weighted by Gasteiger charge is -2.15. The first-order valence-corrected chi connectivity index (χ1v) is 5.94. The number of urea groups is 1. The molecule has 7 nitrogen and oxygen atoms in total. The van der Waals surface area contributed by atoms with Gasteiger partial charge in [0.1, 0.15) is 16.8 Å². The van der Waals surface area contributed by atoms with E-state index in [2.05, 4.69) is 20.2 Å². The minimum absolute atomic E-state index is 0.321. The molecular formula is C10H12N4O3S. The van der Waals surface area contributed by atoms with Crippen molar-refractivity contribution in [3.63, 3.8) is 0 Å². The normalized spacial score (nSPS) is 12.1. The number of aromatic nitrogens is 2. The summed E-state index contributed by atoms with van der Waals surface area (Å²) in [6.07, 6.45) is 3.02. The molecule has 2 rings (SSSR count). The van der Waals surface area contributed by atoms with Gasteiger partial charge in [0.25, 0.3) is 0 Å². The molecule has 0 aliphatic heterocycles. The Morgan fingerprint density at radius 3 is 3.17 bits per heavy atom. The van der Waals surface area contributed by atoms with Gasteiger partial charge >= 0.3 is 6.03 Å². The fourth-order valence-electron chi connectivity index (χ4n) is 1.38. The smallest absolute Gasteiger partial charge is 0.320 e. The number of hydrogen-bond donors (Lipinski definition) is 2. The SMILES string of the molecule is COCC(NC(=O)Nc1cnns1)c1ccco1. The van der Waals surface area contributed by atoms with Crippen LogP contribution in [0, 0.1) is 0 Å². The number of carbonyl (C=O) groups excluding carboxylic acids is 1. The van der Waals surface area contributed by atoms with Crippen molar-refractivity contribution in [1.29, 1.82) is 0 Å². The van der Waals surface area contributed by atoms with E-state index in [4.69, 9.17) is 9.15 Å². The molecule has 2 heterocycles. The molecule has 0 bridgehead atoms. The molecule has 0 aliphatic carbocycles. The van der Waals surface area contributed by atoms with Gasteiger partial charge in [0.2, 0.25) is 0 Å². The summed E-state index contributed by atoms with van der Waals surface area (Å²) in [6, 6.07) is 2.83. The van der Waals surface area contributed by atoms with E-state index in [0.29, 0.717) is 17.4 Å². The van der Waals surface area contributed by atoms with E-state index >= 15 is 0 Å². The van der Waals surface area contributed by atoms with Crippen molar-refractivity contribution in [1.82, 2.24) is 14.9 Å². The fraction of sp³-hybridized carbons (Fsp3) is 0.300. The van der Waals surface area contributed by atoms with Gasteiger partial charge in [-0.2, -0.15) is 0 Å². The first kappa shape index (κ1) is 12.5. The predicted octanol–water partition coefficient (Wildman–Crippen LogP) is 1.64. The summed E-state index contributed by atoms with van der Waals surface area (Å²) in [4.78, 5) is 11.7. The monoisotopic (exact) mass is 268 g/mol. The second-order valence-corrected chi connectivity index (χ2v) is 4.19. The van der Waals surface area contributed by atoms with E-state index in [1.54, 1.807) is 25.5 Å². The third-order valence-corrected chi connectivity index (χ3v) is 2.70. The molecular weight excluding hydrogens is 256 g/mol. The quantitative estimate of drug-likeness (QED) is 0.860. The van der Waals surface area contributed by atoms with E-state index in [9.17, 15) is 4.79 Å². The lowest BCUT2D eigenvalue weighted by Crippen LogP contribution is -2.34. The van der Waals surface area contributed by atoms with Crippen LogP contribution >= 0.6 is 11.5 Å². The Bertz CT molecular complexity index is 471. The number of hydrogen-bond acceptors (Lipinski definition) is 6. The minimum atomic E-state index is -0.362. The molecule has 2 N–H and O–H groups in total. The first-order valence-electron chi connectivity index (χ1n) is 5.17. The molecule has 2 aromatic heterocycles. The van der Waals surface area contributed by atoms with Crippen molar-refractivity contribution in [2.75, 3.05) is 19.0 Å². The summed E-state index contributed by atoms with van der Waals surface area (Å²) < 4.78 is 13.9. The van der Waals surface area contributed by atoms with Crippen LogP contribution in [0.4, 0.5) is 9.80 Å². The minimum Gasteiger partial charge on any atom is -0.467 e. The second-order valence-electron chi connectivity index (χ2n) is 3.40. The third-order valence-electron chi connectivity index (χ3n) is 2.12. The van der Waals surface area contributed by atoms with Gasteiger partial charge in [-0.1, -0.05) is 4.49 Å². The summed E-state index contributed by atoms with van der Waals surface area (Å²) in [5.41, 5.74) is 0. The lowest BCUT2D eigenvalue weighted by atomic mass is 10.2. The molecule has 1 unspecified atom stereocenters. The Morgan fingerprint density at radius 2 is 2.56 bits per heavy atom. The van der Waals surface area contributed by atoms with Crippen LogP contribution < -0.4 is 10.6 Å². The Hall–Kier alpha value is -1.93. The van der Waals surface area contributed by atoms with Crippen molar-refractivity contribution in [3.8, 4) is 0 Å². The standard InChI is InChI=1S/C10H12N4O3S/c1-16-6-7(8-3-2-4-17-8)12-10(15)13-9-5-11-14-18-9/h2-5,7H,6H2,1H3,(H2,12,13,15). The molecule has 0 radical (unpaired) electrons. The summed E-state index contributed by atoms with van der Waals surface area (Å²) in [5.74, 6) is 0.634. The largest absolute Gasteiger partial charge is 0.467 e. The number of methoxy groups -OCH3 is 1. The maximum Gasteiger partial charge on any atom is 0.320 e. The van der Waals surface area contributed by atoms with Crippen molar-refractivity contribution in [2.24, 2.45) is 0 Å². The highest BCUT2D eigenvalue weighted by Gasteiger charge is 2.17. The van der Waals surface area contributed by atoms with Gasteiger partial charge in [-0.25, -0.2) is 4.79 Å². The molecule has 0 fully saturated rings. The number of ether oxygens (including phenoxy) is 1. The van der Waals surface area contributed by atoms with E-state index in [-0.39, 0.29) is 12.1 Å². The fourth-order valence-corrected chi connectivity index (χ4v) is 1.79. The maximum atomic E-state index is 11.7. The number of carbonyl (C=O) groups is 1. The van der Waals surface area contributed by atoms with Crippen LogP contribution in [0.2, 0.25) is 0 Å². The summed E-state index contributed by atoms with van der Waals surface area (Å²) in [6.45, 7) is 0.321. The molecule has 8 heteroatoms. The number of nitrogens with zero attached hydrogens (tertiary/aromatic N) is 2. The average Bonchev–Trinajstić information content (AvgIpc) is 3.00. The molecule has 0 aliphatic rings. The van der Waals surface area contributed by atoms with Gasteiger partial charge in [0, 0.05) is 18.6 Å². The highest BCUT2D eigenvalue weighted by atomic mass is 32.1. The van der Waals surface area contributed by atoms with Crippen LogP contribution in [-0.4, -0.2) is 29.3 Å². The molecule has 0 saturated heterocycles. The van der Waals surface area contributed by atoms with Gasteiger partial charge < -0.3 is 14.5 Å². The number of amides is 2. The van der Waals surface area contributed by atoms with E-state index < -0.39 is 0 Å². The molecule has 0 aromatic carbocycles. The predicted molar refractivity (Wildman–Crippen MR) is 65.4 cm³/mol. The second kappa shape index (κ2) is 6.12. The van der Waals surface area contributed by atoms with Crippen molar-refractivity contribution in [2.45, 2.75) is 6.04 Å². The first-order chi connectivity index (χ1) is 8.79. The Balaban J connectivity index is 1.94. The van der Waals surface area contributed by atoms with Crippen LogP contribution in [-0.2, 0) is 4.74 Å². The molecule has 2 amide bonds. The number of furan rings is 1. The molecule has 0 spiro atoms. The Labute approximate surface area is 107 Å². The van der Waals surface area contributed by atoms with Gasteiger partial charge in [0.05, 0.1) is 19.1 Å². The van der Waals surface area contributed by atoms with Gasteiger partial charge in [-0.15, -0.1) is 5.10 Å².